The number of hydrogen-bond acceptors (Lipinski definition) is 17. The molecule has 0 spiro atoms. The maximum atomic E-state index is 13.2. The average molecular weight is 2570 g/mol. The van der Waals surface area contributed by atoms with Crippen molar-refractivity contribution in [3.05, 3.63) is 445 Å². The second-order valence-electron chi connectivity index (χ2n) is 23.0. The van der Waals surface area contributed by atoms with Gasteiger partial charge in [-0.1, -0.05) is 110 Å². The van der Waals surface area contributed by atoms with Crippen molar-refractivity contribution in [2.24, 2.45) is 0 Å². The number of pyridine rings is 5. The first kappa shape index (κ1) is 116. The Hall–Kier alpha value is -8.85. The minimum absolute atomic E-state index is 0. The molecule has 5 aromatic heterocycles. The van der Waals surface area contributed by atoms with Crippen molar-refractivity contribution in [2.75, 3.05) is 85.2 Å². The summed E-state index contributed by atoms with van der Waals surface area (Å²) >= 11 is 0. The number of halogens is 6. The molecule has 13 rings (SSSR count). The minimum Gasteiger partial charge on any atom is -0.566 e. The Morgan fingerprint density at radius 2 is 0.463 bits per heavy atom. The summed E-state index contributed by atoms with van der Waals surface area (Å²) in [6.45, 7) is 16.2. The smallest absolute Gasteiger partial charge is 0.566 e. The van der Waals surface area contributed by atoms with Gasteiger partial charge in [0.15, 0.2) is 0 Å². The molecule has 0 aliphatic carbocycles. The van der Waals surface area contributed by atoms with Crippen LogP contribution in [0, 0.1) is 132 Å². The molecule has 0 aliphatic heterocycles. The maximum absolute atomic E-state index is 13.2. The van der Waals surface area contributed by atoms with Crippen LogP contribution in [0.4, 0.5) is 26.3 Å². The molecule has 0 N–H and O–H groups in total. The molecule has 0 amide bonds. The summed E-state index contributed by atoms with van der Waals surface area (Å²) in [5.74, 6) is -3.86. The van der Waals surface area contributed by atoms with Crippen LogP contribution in [0.15, 0.2) is 280 Å². The van der Waals surface area contributed by atoms with Gasteiger partial charge in [0.1, 0.15) is 0 Å². The van der Waals surface area contributed by atoms with Crippen LogP contribution < -0.4 is 0 Å². The number of methoxy groups -OCH3 is 10. The second-order valence-corrected chi connectivity index (χ2v) is 23.0. The molecule has 0 unspecified atom stereocenters. The largest absolute Gasteiger partial charge is 3.00 e. The number of nitrogens with zero attached hydrogens (tertiary/aromatic N) is 7. The fourth-order valence-corrected chi connectivity index (χ4v) is 9.26. The normalized spacial score (nSPS) is 9.50. The van der Waals surface area contributed by atoms with Gasteiger partial charge in [-0.25, -0.2) is 36.4 Å². The van der Waals surface area contributed by atoms with Crippen molar-refractivity contribution in [3.8, 4) is 56.3 Å². The second kappa shape index (κ2) is 73.5. The van der Waals surface area contributed by atoms with Crippen LogP contribution in [-0.4, -0.2) is 120 Å². The molecule has 17 nitrogen and oxygen atoms in total. The van der Waals surface area contributed by atoms with Crippen LogP contribution in [0.1, 0.15) is 33.4 Å². The molecule has 0 atom stereocenters. The van der Waals surface area contributed by atoms with Gasteiger partial charge in [0.25, 0.3) is 0 Å². The summed E-state index contributed by atoms with van der Waals surface area (Å²) in [5.41, 5.74) is 12.0. The van der Waals surface area contributed by atoms with Crippen molar-refractivity contribution >= 4 is 0 Å². The Kier molecular flexibility index (Phi) is 69.4. The predicted octanol–water partition coefficient (Wildman–Crippen LogP) is 20.5. The molecule has 0 radical (unpaired) electrons. The molecule has 28 heteroatoms. The van der Waals surface area contributed by atoms with E-state index >= 15 is 0 Å². The van der Waals surface area contributed by atoms with Gasteiger partial charge in [0.2, 0.25) is 0 Å². The van der Waals surface area contributed by atoms with Gasteiger partial charge in [-0.2, -0.15) is 26.9 Å². The third kappa shape index (κ3) is 48.9. The van der Waals surface area contributed by atoms with Crippen LogP contribution in [0.25, 0.3) is 56.3 Å². The third-order valence-electron chi connectivity index (χ3n) is 14.2. The number of benzene rings is 8. The van der Waals surface area contributed by atoms with Gasteiger partial charge in [-0.3, -0.25) is 59.7 Å². The van der Waals surface area contributed by atoms with Crippen LogP contribution in [0.3, 0.4) is 0 Å². The Bertz CT molecular complexity index is 4150. The Labute approximate surface area is 790 Å². The molecule has 0 saturated heterocycles. The zero-order chi connectivity index (χ0) is 85.6. The van der Waals surface area contributed by atoms with Gasteiger partial charge in [0, 0.05) is 179 Å². The van der Waals surface area contributed by atoms with Gasteiger partial charge >= 0.3 is 60.3 Å². The molecule has 13 aromatic rings. The summed E-state index contributed by atoms with van der Waals surface area (Å²) < 4.78 is 125. The van der Waals surface area contributed by atoms with Gasteiger partial charge in [-0.15, -0.1) is 184 Å². The van der Waals surface area contributed by atoms with Gasteiger partial charge in [-0.05, 0) is 58.8 Å². The quantitative estimate of drug-likeness (QED) is 0.0392. The molecule has 0 aliphatic rings. The van der Waals surface area contributed by atoms with E-state index in [0.29, 0.717) is 17.1 Å². The Balaban J connectivity index is 0. The van der Waals surface area contributed by atoms with E-state index in [-0.39, 0.29) is 119 Å². The number of rotatable bonds is 25. The van der Waals surface area contributed by atoms with E-state index in [1.165, 1.54) is 26.9 Å². The summed E-state index contributed by atoms with van der Waals surface area (Å²) in [5, 5.41) is 0. The monoisotopic (exact) mass is 2570 g/mol. The molecule has 662 valence electrons. The van der Waals surface area contributed by atoms with E-state index in [1.807, 2.05) is 172 Å². The molecule has 0 fully saturated rings. The molecule has 0 bridgehead atoms. The summed E-state index contributed by atoms with van der Waals surface area (Å²) in [4.78, 5) is 23.6. The molecule has 8 aromatic carbocycles. The van der Waals surface area contributed by atoms with Crippen molar-refractivity contribution in [3.63, 3.8) is 0 Å². The van der Waals surface area contributed by atoms with Crippen LogP contribution in [-0.2, 0) is 150 Å². The first-order chi connectivity index (χ1) is 57.5. The molecule has 0 saturated carbocycles. The Morgan fingerprint density at radius 1 is 0.260 bits per heavy atom. The van der Waals surface area contributed by atoms with E-state index in [1.54, 1.807) is 206 Å². The van der Waals surface area contributed by atoms with Gasteiger partial charge < -0.3 is 82.1 Å². The van der Waals surface area contributed by atoms with E-state index in [0.717, 1.165) is 92.3 Å². The standard InChI is InChI=1S/3C11H6F2N.2C11H8N.3C10H12O2.2C5H11NO2.3Ir.2Pt/c3*12-8-4-5-9(10(13)7-8)11-3-1-2-6-14-11;2*1-2-6-10(7-3-1)11-8-4-5-9-12-11;3*1-11-7-9-5-3-4-6-10(9)8-12-2;2*1-6(4-7-2)5-8-3;;;;;/h3*1-4,6-7H;2*1-6,8-9H;3*3-8H,1-2H3;2*4-5H,1-3H3;;;;;/q5*-1;5*-2;3*+3;;. The van der Waals surface area contributed by atoms with Crippen molar-refractivity contribution in [2.45, 2.75) is 0 Å². The average Bonchev–Trinajstić information content (AvgIpc) is 0.850. The molecule has 123 heavy (non-hydrogen) atoms. The van der Waals surface area contributed by atoms with E-state index in [9.17, 15) is 26.3 Å². The fourth-order valence-electron chi connectivity index (χ4n) is 9.26. The Morgan fingerprint density at radius 3 is 0.634 bits per heavy atom. The maximum Gasteiger partial charge on any atom is 3.00 e. The zero-order valence-corrected chi connectivity index (χ0v) is 80.7. The van der Waals surface area contributed by atoms with E-state index < -0.39 is 34.9 Å². The van der Waals surface area contributed by atoms with Crippen molar-refractivity contribution in [1.82, 2.24) is 34.7 Å². The van der Waals surface area contributed by atoms with Crippen LogP contribution in [0.2, 0.25) is 0 Å². The number of ether oxygens (including phenoxy) is 10. The van der Waals surface area contributed by atoms with E-state index in [4.69, 9.17) is 28.4 Å². The zero-order valence-electron chi connectivity index (χ0n) is 68.9. The van der Waals surface area contributed by atoms with Crippen molar-refractivity contribution in [1.29, 1.82) is 0 Å². The van der Waals surface area contributed by atoms with Gasteiger partial charge in [0.05, 0.1) is 0 Å². The first-order valence-corrected chi connectivity index (χ1v) is 35.4. The summed E-state index contributed by atoms with van der Waals surface area (Å²) in [6.07, 6.45) is 8.22. The predicted molar refractivity (Wildman–Crippen MR) is 445 cm³/mol. The number of hydrogen-bond donors (Lipinski definition) is 0. The molecule has 5 heterocycles. The topological polar surface area (TPSA) is 163 Å². The van der Waals surface area contributed by atoms with Crippen LogP contribution in [0.5, 0.6) is 0 Å². The third-order valence-corrected chi connectivity index (χ3v) is 14.2. The SMILES string of the molecule is CO[CH-]N(C)[CH-]OC.CO[CH-]N(C)[CH-]OC.CO[CH-]c1ccccc1[CH-]OC.CO[CH-]c1ccccc1[CH-]OC.CO[CH-]c1ccccc1[CH-]OC.Fc1c[c-]c(-c2ccccn2)c(F)c1.Fc1c[c-]c(-c2ccccn2)c(F)c1.Fc1c[c-]c(-c2ccccn2)c(F)c1.[Ir+3].[Ir+3].[Ir+3].[Pt].[Pt].[c-]1ccccc1-c1ccccn1.[c-]1ccccc1-c1ccccn1. The number of aromatic nitrogens is 5. The summed E-state index contributed by atoms with van der Waals surface area (Å²) in [7, 11) is 19.7. The molecular weight excluding hydrogens is 2480 g/mol. The van der Waals surface area contributed by atoms with E-state index in [2.05, 4.69) is 74.2 Å². The first-order valence-electron chi connectivity index (χ1n) is 35.4. The van der Waals surface area contributed by atoms with Crippen molar-refractivity contribution < 1.29 is 176 Å². The minimum atomic E-state index is -0.649. The fraction of sp³-hybridized carbons (Fsp3) is 0.126. The summed E-state index contributed by atoms with van der Waals surface area (Å²) in [6, 6.07) is 85.8. The van der Waals surface area contributed by atoms with Crippen LogP contribution >= 0.6 is 0 Å². The molecular formula is C95H92F6Ir3N7O10Pt2-6.